The van der Waals surface area contributed by atoms with Crippen LogP contribution in [0.2, 0.25) is 0 Å². The number of aromatic nitrogens is 2. The topological polar surface area (TPSA) is 62.2 Å². The number of para-hydroxylation sites is 2. The number of carbonyl (C=O) groups excluding carboxylic acids is 1. The van der Waals surface area contributed by atoms with Crippen LogP contribution in [0.3, 0.4) is 0 Å². The van der Waals surface area contributed by atoms with Crippen LogP contribution in [0.25, 0.3) is 5.69 Å². The highest BCUT2D eigenvalue weighted by Crippen LogP contribution is 2.21. The molecule has 1 aliphatic rings. The van der Waals surface area contributed by atoms with Crippen molar-refractivity contribution < 1.29 is 4.79 Å². The van der Waals surface area contributed by atoms with Crippen LogP contribution >= 0.6 is 0 Å². The number of carbonyl (C=O) groups is 1. The van der Waals surface area contributed by atoms with Gasteiger partial charge in [-0.1, -0.05) is 31.4 Å². The van der Waals surface area contributed by atoms with Gasteiger partial charge in [-0.15, -0.1) is 0 Å². The molecule has 0 radical (unpaired) electrons. The van der Waals surface area contributed by atoms with Crippen LogP contribution in [-0.4, -0.2) is 46.9 Å². The molecular weight excluding hydrogens is 326 g/mol. The summed E-state index contributed by atoms with van der Waals surface area (Å²) < 4.78 is 1.78. The first-order valence-corrected chi connectivity index (χ1v) is 9.50. The maximum absolute atomic E-state index is 12.3. The number of rotatable bonds is 6. The SMILES string of the molecule is Cc1ccn(-c2ccccc2NC(=O)NCCN(C)C2CCCCC2)n1. The van der Waals surface area contributed by atoms with E-state index in [0.717, 1.165) is 23.6 Å². The molecule has 2 N–H and O–H groups in total. The third-order valence-corrected chi connectivity index (χ3v) is 5.07. The van der Waals surface area contributed by atoms with Gasteiger partial charge in [0.15, 0.2) is 0 Å². The van der Waals surface area contributed by atoms with Gasteiger partial charge < -0.3 is 15.5 Å². The van der Waals surface area contributed by atoms with Gasteiger partial charge in [-0.2, -0.15) is 5.10 Å². The zero-order chi connectivity index (χ0) is 18.4. The second-order valence-corrected chi connectivity index (χ2v) is 7.07. The largest absolute Gasteiger partial charge is 0.337 e. The Kier molecular flexibility index (Phi) is 6.28. The molecule has 0 spiro atoms. The normalized spacial score (nSPS) is 15.2. The molecule has 1 aromatic heterocycles. The Balaban J connectivity index is 1.51. The number of nitrogens with one attached hydrogen (secondary N) is 2. The Morgan fingerprint density at radius 3 is 2.73 bits per heavy atom. The number of likely N-dealkylation sites (N-methyl/N-ethyl adjacent to an activating group) is 1. The average molecular weight is 355 g/mol. The lowest BCUT2D eigenvalue weighted by Gasteiger charge is -2.31. The summed E-state index contributed by atoms with van der Waals surface area (Å²) in [5.74, 6) is 0. The molecule has 3 rings (SSSR count). The highest BCUT2D eigenvalue weighted by atomic mass is 16.2. The molecule has 0 aliphatic heterocycles. The predicted molar refractivity (Wildman–Crippen MR) is 105 cm³/mol. The second kappa shape index (κ2) is 8.85. The van der Waals surface area contributed by atoms with Crippen molar-refractivity contribution in [2.45, 2.75) is 45.1 Å². The monoisotopic (exact) mass is 355 g/mol. The fraction of sp³-hybridized carbons (Fsp3) is 0.500. The maximum Gasteiger partial charge on any atom is 0.319 e. The highest BCUT2D eigenvalue weighted by molar-refractivity contribution is 5.91. The van der Waals surface area contributed by atoms with Crippen molar-refractivity contribution in [3.05, 3.63) is 42.2 Å². The van der Waals surface area contributed by atoms with Crippen LogP contribution in [0, 0.1) is 6.92 Å². The summed E-state index contributed by atoms with van der Waals surface area (Å²) in [7, 11) is 2.16. The van der Waals surface area contributed by atoms with Gasteiger partial charge in [-0.25, -0.2) is 9.48 Å². The number of anilines is 1. The molecule has 1 fully saturated rings. The molecule has 0 unspecified atom stereocenters. The molecule has 6 heteroatoms. The van der Waals surface area contributed by atoms with Gasteiger partial charge >= 0.3 is 6.03 Å². The number of urea groups is 1. The third kappa shape index (κ3) is 4.85. The molecule has 1 aromatic carbocycles. The fourth-order valence-electron chi connectivity index (χ4n) is 3.55. The highest BCUT2D eigenvalue weighted by Gasteiger charge is 2.17. The smallest absolute Gasteiger partial charge is 0.319 e. The van der Waals surface area contributed by atoms with E-state index in [0.29, 0.717) is 12.6 Å². The number of benzene rings is 1. The molecule has 1 aliphatic carbocycles. The molecule has 2 amide bonds. The van der Waals surface area contributed by atoms with Crippen LogP contribution < -0.4 is 10.6 Å². The minimum absolute atomic E-state index is 0.182. The van der Waals surface area contributed by atoms with Gasteiger partial charge in [0, 0.05) is 25.3 Å². The Bertz CT molecular complexity index is 720. The van der Waals surface area contributed by atoms with Crippen LogP contribution in [0.15, 0.2) is 36.5 Å². The maximum atomic E-state index is 12.3. The van der Waals surface area contributed by atoms with Crippen molar-refractivity contribution in [3.63, 3.8) is 0 Å². The third-order valence-electron chi connectivity index (χ3n) is 5.07. The first kappa shape index (κ1) is 18.5. The Labute approximate surface area is 155 Å². The van der Waals surface area contributed by atoms with Gasteiger partial charge in [0.1, 0.15) is 0 Å². The first-order chi connectivity index (χ1) is 12.6. The molecule has 6 nitrogen and oxygen atoms in total. The van der Waals surface area contributed by atoms with Gasteiger partial charge in [0.05, 0.1) is 17.1 Å². The van der Waals surface area contributed by atoms with E-state index in [9.17, 15) is 4.79 Å². The van der Waals surface area contributed by atoms with Crippen molar-refractivity contribution in [1.82, 2.24) is 20.0 Å². The average Bonchev–Trinajstić information content (AvgIpc) is 3.09. The summed E-state index contributed by atoms with van der Waals surface area (Å²) in [6, 6.07) is 10.1. The molecule has 0 atom stereocenters. The number of aryl methyl sites for hydroxylation is 1. The molecule has 0 bridgehead atoms. The van der Waals surface area contributed by atoms with Crippen LogP contribution in [0.5, 0.6) is 0 Å². The van der Waals surface area contributed by atoms with Crippen molar-refractivity contribution >= 4 is 11.7 Å². The molecule has 2 aromatic rings. The van der Waals surface area contributed by atoms with Crippen molar-refractivity contribution in [3.8, 4) is 5.69 Å². The van der Waals surface area contributed by atoms with Gasteiger partial charge in [-0.3, -0.25) is 0 Å². The molecule has 1 heterocycles. The van der Waals surface area contributed by atoms with Crippen molar-refractivity contribution in [1.29, 1.82) is 0 Å². The molecule has 140 valence electrons. The number of hydrogen-bond donors (Lipinski definition) is 2. The van der Waals surface area contributed by atoms with Crippen LogP contribution in [0.4, 0.5) is 10.5 Å². The van der Waals surface area contributed by atoms with E-state index in [1.54, 1.807) is 4.68 Å². The van der Waals surface area contributed by atoms with E-state index in [1.807, 2.05) is 43.5 Å². The van der Waals surface area contributed by atoms with E-state index < -0.39 is 0 Å². The van der Waals surface area contributed by atoms with Crippen molar-refractivity contribution in [2.75, 3.05) is 25.5 Å². The zero-order valence-electron chi connectivity index (χ0n) is 15.7. The summed E-state index contributed by atoms with van der Waals surface area (Å²) in [6.07, 6.45) is 8.46. The Hall–Kier alpha value is -2.34. The van der Waals surface area contributed by atoms with E-state index in [-0.39, 0.29) is 6.03 Å². The van der Waals surface area contributed by atoms with Crippen molar-refractivity contribution in [2.24, 2.45) is 0 Å². The number of hydrogen-bond acceptors (Lipinski definition) is 3. The number of amides is 2. The lowest BCUT2D eigenvalue weighted by Crippen LogP contribution is -2.40. The van der Waals surface area contributed by atoms with Gasteiger partial charge in [-0.05, 0) is 45.0 Å². The quantitative estimate of drug-likeness (QED) is 0.833. The van der Waals surface area contributed by atoms with Gasteiger partial charge in [0.25, 0.3) is 0 Å². The molecule has 1 saturated carbocycles. The standard InChI is InChI=1S/C20H29N5O/c1-16-12-14-25(23-16)19-11-7-6-10-18(19)22-20(26)21-13-15-24(2)17-8-4-3-5-9-17/h6-7,10-12,14,17H,3-5,8-9,13,15H2,1-2H3,(H2,21,22,26). The van der Waals surface area contributed by atoms with E-state index >= 15 is 0 Å². The lowest BCUT2D eigenvalue weighted by molar-refractivity contribution is 0.192. The number of nitrogens with zero attached hydrogens (tertiary/aromatic N) is 3. The fourth-order valence-corrected chi connectivity index (χ4v) is 3.55. The minimum Gasteiger partial charge on any atom is -0.337 e. The minimum atomic E-state index is -0.182. The van der Waals surface area contributed by atoms with E-state index in [4.69, 9.17) is 0 Å². The Morgan fingerprint density at radius 2 is 2.00 bits per heavy atom. The molecular formula is C20H29N5O. The summed E-state index contributed by atoms with van der Waals surface area (Å²) in [5.41, 5.74) is 2.54. The first-order valence-electron chi connectivity index (χ1n) is 9.50. The second-order valence-electron chi connectivity index (χ2n) is 7.07. The van der Waals surface area contributed by atoms with E-state index in [1.165, 1.54) is 32.1 Å². The molecule has 26 heavy (non-hydrogen) atoms. The van der Waals surface area contributed by atoms with E-state index in [2.05, 4.69) is 27.7 Å². The van der Waals surface area contributed by atoms with Crippen LogP contribution in [-0.2, 0) is 0 Å². The predicted octanol–water partition coefficient (Wildman–Crippen LogP) is 3.57. The summed E-state index contributed by atoms with van der Waals surface area (Å²) >= 11 is 0. The van der Waals surface area contributed by atoms with Crippen LogP contribution in [0.1, 0.15) is 37.8 Å². The van der Waals surface area contributed by atoms with Gasteiger partial charge in [0.2, 0.25) is 0 Å². The Morgan fingerprint density at radius 1 is 1.23 bits per heavy atom. The molecule has 0 saturated heterocycles. The lowest BCUT2D eigenvalue weighted by atomic mass is 9.94. The summed E-state index contributed by atoms with van der Waals surface area (Å²) in [5, 5.41) is 10.3. The zero-order valence-corrected chi connectivity index (χ0v) is 15.7. The summed E-state index contributed by atoms with van der Waals surface area (Å²) in [6.45, 7) is 3.46. The summed E-state index contributed by atoms with van der Waals surface area (Å²) in [4.78, 5) is 14.7.